The molecular formula is C21H13N5O9. The fraction of sp³-hybridized carbons (Fsp3) is 0. The van der Waals surface area contributed by atoms with Gasteiger partial charge in [-0.1, -0.05) is 6.07 Å². The zero-order valence-corrected chi connectivity index (χ0v) is 17.4. The summed E-state index contributed by atoms with van der Waals surface area (Å²) in [5.41, 5.74) is 1.07. The first-order chi connectivity index (χ1) is 16.7. The summed E-state index contributed by atoms with van der Waals surface area (Å²) in [5, 5.41) is 36.6. The lowest BCUT2D eigenvalue weighted by atomic mass is 10.1. The van der Waals surface area contributed by atoms with Crippen molar-refractivity contribution in [3.05, 3.63) is 114 Å². The molecule has 0 fully saturated rings. The predicted molar refractivity (Wildman–Crippen MR) is 119 cm³/mol. The summed E-state index contributed by atoms with van der Waals surface area (Å²) in [6.45, 7) is 0. The Balaban J connectivity index is 1.81. The maximum absolute atomic E-state index is 12.5. The number of rotatable bonds is 8. The minimum Gasteiger partial charge on any atom is -0.415 e. The molecule has 35 heavy (non-hydrogen) atoms. The summed E-state index contributed by atoms with van der Waals surface area (Å²) in [5.74, 6) is -2.20. The highest BCUT2D eigenvalue weighted by Crippen LogP contribution is 2.31. The number of ether oxygens (including phenoxy) is 1. The van der Waals surface area contributed by atoms with Gasteiger partial charge in [-0.25, -0.2) is 10.2 Å². The minimum atomic E-state index is -1.02. The van der Waals surface area contributed by atoms with Crippen LogP contribution in [0, 0.1) is 30.3 Å². The van der Waals surface area contributed by atoms with Gasteiger partial charge in [0.1, 0.15) is 0 Å². The number of non-ortho nitro benzene ring substituents is 2. The lowest BCUT2D eigenvalue weighted by Crippen LogP contribution is -2.17. The van der Waals surface area contributed by atoms with E-state index in [1.807, 2.05) is 0 Å². The molecule has 0 aliphatic rings. The van der Waals surface area contributed by atoms with Gasteiger partial charge in [0.15, 0.2) is 0 Å². The van der Waals surface area contributed by atoms with E-state index in [4.69, 9.17) is 4.74 Å². The van der Waals surface area contributed by atoms with Gasteiger partial charge in [-0.05, 0) is 30.3 Å². The van der Waals surface area contributed by atoms with E-state index in [0.29, 0.717) is 0 Å². The summed E-state index contributed by atoms with van der Waals surface area (Å²) >= 11 is 0. The number of amides is 1. The first-order valence-corrected chi connectivity index (χ1v) is 9.49. The Morgan fingerprint density at radius 1 is 0.771 bits per heavy atom. The molecule has 1 amide bonds. The standard InChI is InChI=1S/C21H13N5O9/c27-20(13-4-8-16(9-5-13)24(29)30)23-22-12-15-2-1-3-18(26(33)34)19(15)35-21(28)14-6-10-17(11-7-14)25(31)32/h1-12H,(H,23,27)/b22-12+. The van der Waals surface area contributed by atoms with Crippen molar-refractivity contribution in [2.75, 3.05) is 0 Å². The average molecular weight is 479 g/mol. The number of nitrogens with zero attached hydrogens (tertiary/aromatic N) is 4. The van der Waals surface area contributed by atoms with Crippen molar-refractivity contribution in [2.45, 2.75) is 0 Å². The Hall–Kier alpha value is -5.53. The van der Waals surface area contributed by atoms with Gasteiger partial charge >= 0.3 is 11.7 Å². The smallest absolute Gasteiger partial charge is 0.343 e. The molecule has 0 atom stereocenters. The fourth-order valence-electron chi connectivity index (χ4n) is 2.73. The topological polar surface area (TPSA) is 197 Å². The van der Waals surface area contributed by atoms with Crippen LogP contribution in [0.3, 0.4) is 0 Å². The molecule has 0 bridgehead atoms. The number of nitro groups is 3. The van der Waals surface area contributed by atoms with Crippen LogP contribution in [0.15, 0.2) is 71.8 Å². The normalized spacial score (nSPS) is 10.5. The van der Waals surface area contributed by atoms with Crippen LogP contribution in [0.25, 0.3) is 0 Å². The molecule has 0 radical (unpaired) electrons. The second-order valence-corrected chi connectivity index (χ2v) is 6.65. The van der Waals surface area contributed by atoms with Crippen molar-refractivity contribution in [1.82, 2.24) is 5.43 Å². The predicted octanol–water partition coefficient (Wildman–Crippen LogP) is 3.39. The lowest BCUT2D eigenvalue weighted by Gasteiger charge is -2.08. The largest absolute Gasteiger partial charge is 0.415 e. The first-order valence-electron chi connectivity index (χ1n) is 9.49. The molecule has 0 aliphatic carbocycles. The molecule has 3 aromatic carbocycles. The van der Waals surface area contributed by atoms with Gasteiger partial charge < -0.3 is 4.74 Å². The highest BCUT2D eigenvalue weighted by molar-refractivity contribution is 5.96. The van der Waals surface area contributed by atoms with Gasteiger partial charge in [0.25, 0.3) is 17.3 Å². The van der Waals surface area contributed by atoms with E-state index in [-0.39, 0.29) is 28.1 Å². The zero-order chi connectivity index (χ0) is 25.5. The summed E-state index contributed by atoms with van der Waals surface area (Å²) in [4.78, 5) is 55.5. The summed E-state index contributed by atoms with van der Waals surface area (Å²) in [6, 6.07) is 12.9. The van der Waals surface area contributed by atoms with Gasteiger partial charge in [0.2, 0.25) is 5.75 Å². The highest BCUT2D eigenvalue weighted by atomic mass is 16.6. The Bertz CT molecular complexity index is 1350. The zero-order valence-electron chi connectivity index (χ0n) is 17.4. The summed E-state index contributed by atoms with van der Waals surface area (Å²) in [6.07, 6.45) is 1.01. The van der Waals surface area contributed by atoms with Crippen molar-refractivity contribution < 1.29 is 29.1 Å². The molecule has 0 unspecified atom stereocenters. The van der Waals surface area contributed by atoms with Gasteiger partial charge in [-0.2, -0.15) is 5.10 Å². The number of benzene rings is 3. The van der Waals surface area contributed by atoms with Crippen LogP contribution in [0.2, 0.25) is 0 Å². The SMILES string of the molecule is O=C(N/N=C/c1cccc([N+](=O)[O-])c1OC(=O)c1ccc([N+](=O)[O-])cc1)c1ccc([N+](=O)[O-])cc1. The molecule has 0 saturated carbocycles. The quantitative estimate of drug-likeness (QED) is 0.165. The lowest BCUT2D eigenvalue weighted by molar-refractivity contribution is -0.385. The van der Waals surface area contributed by atoms with E-state index < -0.39 is 38.1 Å². The van der Waals surface area contributed by atoms with E-state index in [1.165, 1.54) is 24.3 Å². The molecule has 0 aromatic heterocycles. The van der Waals surface area contributed by atoms with Crippen LogP contribution in [0.5, 0.6) is 5.75 Å². The molecule has 176 valence electrons. The molecule has 0 heterocycles. The van der Waals surface area contributed by atoms with E-state index in [0.717, 1.165) is 48.7 Å². The Labute approximate surface area is 194 Å². The number of carbonyl (C=O) groups is 2. The van der Waals surface area contributed by atoms with Gasteiger partial charge in [-0.3, -0.25) is 35.1 Å². The first kappa shape index (κ1) is 24.1. The molecule has 0 aliphatic heterocycles. The highest BCUT2D eigenvalue weighted by Gasteiger charge is 2.22. The van der Waals surface area contributed by atoms with Crippen LogP contribution in [-0.2, 0) is 0 Å². The molecule has 3 rings (SSSR count). The van der Waals surface area contributed by atoms with Crippen LogP contribution >= 0.6 is 0 Å². The molecule has 14 heteroatoms. The number of hydrogen-bond acceptors (Lipinski definition) is 10. The fourth-order valence-corrected chi connectivity index (χ4v) is 2.73. The van der Waals surface area contributed by atoms with E-state index in [2.05, 4.69) is 10.5 Å². The van der Waals surface area contributed by atoms with Crippen molar-refractivity contribution in [3.8, 4) is 5.75 Å². The Kier molecular flexibility index (Phi) is 7.16. The number of hydrazone groups is 1. The van der Waals surface area contributed by atoms with Crippen molar-refractivity contribution >= 4 is 35.2 Å². The second-order valence-electron chi connectivity index (χ2n) is 6.65. The van der Waals surface area contributed by atoms with Crippen LogP contribution in [-0.4, -0.2) is 32.9 Å². The van der Waals surface area contributed by atoms with Crippen LogP contribution in [0.4, 0.5) is 17.1 Å². The number of carbonyl (C=O) groups excluding carboxylic acids is 2. The van der Waals surface area contributed by atoms with Crippen molar-refractivity contribution in [1.29, 1.82) is 0 Å². The van der Waals surface area contributed by atoms with Gasteiger partial charge in [-0.15, -0.1) is 0 Å². The Morgan fingerprint density at radius 2 is 1.31 bits per heavy atom. The number of para-hydroxylation sites is 1. The molecule has 3 aromatic rings. The Morgan fingerprint density at radius 3 is 1.83 bits per heavy atom. The molecular weight excluding hydrogens is 466 g/mol. The minimum absolute atomic E-state index is 0.0292. The third kappa shape index (κ3) is 5.83. The monoisotopic (exact) mass is 479 g/mol. The van der Waals surface area contributed by atoms with Gasteiger partial charge in [0, 0.05) is 41.5 Å². The van der Waals surface area contributed by atoms with Crippen molar-refractivity contribution in [3.63, 3.8) is 0 Å². The molecule has 14 nitrogen and oxygen atoms in total. The second kappa shape index (κ2) is 10.4. The number of nitrogens with one attached hydrogen (secondary N) is 1. The number of hydrogen-bond donors (Lipinski definition) is 1. The number of nitro benzene ring substituents is 3. The van der Waals surface area contributed by atoms with E-state index in [9.17, 15) is 39.9 Å². The average Bonchev–Trinajstić information content (AvgIpc) is 2.84. The maximum atomic E-state index is 12.5. The summed E-state index contributed by atoms with van der Waals surface area (Å²) in [7, 11) is 0. The number of esters is 1. The van der Waals surface area contributed by atoms with Crippen molar-refractivity contribution in [2.24, 2.45) is 5.10 Å². The van der Waals surface area contributed by atoms with E-state index >= 15 is 0 Å². The maximum Gasteiger partial charge on any atom is 0.343 e. The van der Waals surface area contributed by atoms with Crippen LogP contribution in [0.1, 0.15) is 26.3 Å². The molecule has 1 N–H and O–H groups in total. The van der Waals surface area contributed by atoms with Gasteiger partial charge in [0.05, 0.1) is 26.5 Å². The third-order valence-corrected chi connectivity index (χ3v) is 4.44. The molecule has 0 spiro atoms. The summed E-state index contributed by atoms with van der Waals surface area (Å²) < 4.78 is 5.18. The third-order valence-electron chi connectivity index (χ3n) is 4.44. The molecule has 0 saturated heterocycles. The van der Waals surface area contributed by atoms with E-state index in [1.54, 1.807) is 0 Å². The van der Waals surface area contributed by atoms with Crippen LogP contribution < -0.4 is 10.2 Å².